The fraction of sp³-hybridized carbons (Fsp3) is 0.286. The van der Waals surface area contributed by atoms with Crippen LogP contribution in [-0.2, 0) is 0 Å². The fourth-order valence-corrected chi connectivity index (χ4v) is 1.47. The quantitative estimate of drug-likeness (QED) is 0.561. The van der Waals surface area contributed by atoms with Crippen molar-refractivity contribution in [1.29, 1.82) is 0 Å². The average Bonchev–Trinajstić information content (AvgIpc) is 2.03. The second kappa shape index (κ2) is 4.62. The number of rotatable bonds is 3. The molecular weight excluding hydrogens is 204 g/mol. The van der Waals surface area contributed by atoms with Gasteiger partial charge in [-0.15, -0.1) is 23.4 Å². The van der Waals surface area contributed by atoms with E-state index in [9.17, 15) is 8.78 Å². The number of pyridine rings is 1. The molecule has 0 radical (unpaired) electrons. The topological polar surface area (TPSA) is 12.9 Å². The van der Waals surface area contributed by atoms with E-state index in [1.807, 2.05) is 0 Å². The Bertz CT molecular complexity index is 270. The maximum absolute atomic E-state index is 12.8. The van der Waals surface area contributed by atoms with E-state index in [-0.39, 0.29) is 5.03 Å². The predicted octanol–water partition coefficient (Wildman–Crippen LogP) is 2.69. The Labute approximate surface area is 78.1 Å². The maximum atomic E-state index is 12.8. The van der Waals surface area contributed by atoms with E-state index in [0.717, 1.165) is 12.3 Å². The third kappa shape index (κ3) is 2.60. The summed E-state index contributed by atoms with van der Waals surface area (Å²) in [4.78, 5) is 3.57. The molecule has 0 atom stereocenters. The first-order chi connectivity index (χ1) is 5.74. The molecule has 1 aromatic rings. The summed E-state index contributed by atoms with van der Waals surface area (Å²) in [5, 5.41) is 0.192. The number of thioether (sulfide) groups is 1. The minimum Gasteiger partial charge on any atom is -0.244 e. The highest BCUT2D eigenvalue weighted by molar-refractivity contribution is 7.99. The van der Waals surface area contributed by atoms with Gasteiger partial charge in [-0.05, 0) is 0 Å². The molecule has 1 aromatic heterocycles. The van der Waals surface area contributed by atoms with Gasteiger partial charge >= 0.3 is 0 Å². The molecule has 0 saturated heterocycles. The Hall–Kier alpha value is -0.350. The van der Waals surface area contributed by atoms with Crippen LogP contribution in [0, 0.1) is 11.6 Å². The fourth-order valence-electron chi connectivity index (χ4n) is 0.643. The van der Waals surface area contributed by atoms with Gasteiger partial charge in [0, 0.05) is 17.7 Å². The maximum Gasteiger partial charge on any atom is 0.158 e. The predicted molar refractivity (Wildman–Crippen MR) is 45.6 cm³/mol. The number of alkyl halides is 1. The van der Waals surface area contributed by atoms with Gasteiger partial charge in [-0.1, -0.05) is 0 Å². The van der Waals surface area contributed by atoms with E-state index in [0.29, 0.717) is 11.6 Å². The lowest BCUT2D eigenvalue weighted by Crippen LogP contribution is -1.90. The summed E-state index contributed by atoms with van der Waals surface area (Å²) < 4.78 is 25.1. The van der Waals surface area contributed by atoms with Crippen LogP contribution in [-0.4, -0.2) is 16.6 Å². The molecule has 0 fully saturated rings. The van der Waals surface area contributed by atoms with Crippen molar-refractivity contribution in [3.05, 3.63) is 23.9 Å². The molecule has 1 heterocycles. The van der Waals surface area contributed by atoms with Gasteiger partial charge in [-0.2, -0.15) is 0 Å². The summed E-state index contributed by atoms with van der Waals surface area (Å²) in [7, 11) is 0. The van der Waals surface area contributed by atoms with Gasteiger partial charge in [0.05, 0.1) is 6.20 Å². The Morgan fingerprint density at radius 1 is 1.50 bits per heavy atom. The zero-order valence-corrected chi connectivity index (χ0v) is 7.63. The number of hydrogen-bond acceptors (Lipinski definition) is 2. The molecule has 1 nitrogen and oxygen atoms in total. The molecule has 0 spiro atoms. The molecule has 0 saturated carbocycles. The standard InChI is InChI=1S/C7H6ClF2NS/c8-1-2-12-7-6(10)3-5(9)4-11-7/h3-4H,1-2H2. The lowest BCUT2D eigenvalue weighted by molar-refractivity contribution is 0.548. The molecule has 0 amide bonds. The van der Waals surface area contributed by atoms with Crippen molar-refractivity contribution >= 4 is 23.4 Å². The third-order valence-electron chi connectivity index (χ3n) is 1.09. The smallest absolute Gasteiger partial charge is 0.158 e. The largest absolute Gasteiger partial charge is 0.244 e. The number of halogens is 3. The van der Waals surface area contributed by atoms with Crippen LogP contribution in [0.3, 0.4) is 0 Å². The molecule has 12 heavy (non-hydrogen) atoms. The number of nitrogens with zero attached hydrogens (tertiary/aromatic N) is 1. The van der Waals surface area contributed by atoms with Crippen LogP contribution in [0.4, 0.5) is 8.78 Å². The monoisotopic (exact) mass is 209 g/mol. The Morgan fingerprint density at radius 2 is 2.25 bits per heavy atom. The molecule has 0 N–H and O–H groups in total. The number of hydrogen-bond donors (Lipinski definition) is 0. The highest BCUT2D eigenvalue weighted by Gasteiger charge is 2.04. The van der Waals surface area contributed by atoms with Crippen LogP contribution >= 0.6 is 23.4 Å². The Morgan fingerprint density at radius 3 is 2.83 bits per heavy atom. The third-order valence-corrected chi connectivity index (χ3v) is 2.49. The first-order valence-corrected chi connectivity index (χ1v) is 4.76. The Kier molecular flexibility index (Phi) is 3.75. The van der Waals surface area contributed by atoms with Gasteiger partial charge in [0.25, 0.3) is 0 Å². The zero-order chi connectivity index (χ0) is 8.97. The van der Waals surface area contributed by atoms with Crippen molar-refractivity contribution in [2.45, 2.75) is 5.03 Å². The zero-order valence-electron chi connectivity index (χ0n) is 6.06. The van der Waals surface area contributed by atoms with Gasteiger partial charge < -0.3 is 0 Å². The van der Waals surface area contributed by atoms with E-state index < -0.39 is 11.6 Å². The van der Waals surface area contributed by atoms with Crippen molar-refractivity contribution in [3.63, 3.8) is 0 Å². The molecule has 5 heteroatoms. The summed E-state index contributed by atoms with van der Waals surface area (Å²) in [6.45, 7) is 0. The lowest BCUT2D eigenvalue weighted by Gasteiger charge is -1.98. The molecule has 0 aromatic carbocycles. The van der Waals surface area contributed by atoms with E-state index in [1.165, 1.54) is 11.8 Å². The minimum atomic E-state index is -0.664. The van der Waals surface area contributed by atoms with Crippen LogP contribution in [0.2, 0.25) is 0 Å². The van der Waals surface area contributed by atoms with Gasteiger partial charge in [-0.25, -0.2) is 13.8 Å². The second-order valence-corrected chi connectivity index (χ2v) is 3.44. The van der Waals surface area contributed by atoms with E-state index >= 15 is 0 Å². The minimum absolute atomic E-state index is 0.192. The molecule has 0 bridgehead atoms. The normalized spacial score (nSPS) is 10.2. The van der Waals surface area contributed by atoms with Crippen LogP contribution in [0.15, 0.2) is 17.3 Å². The Balaban J connectivity index is 2.72. The van der Waals surface area contributed by atoms with E-state index in [2.05, 4.69) is 4.98 Å². The SMILES string of the molecule is Fc1cnc(SCCCl)c(F)c1. The molecule has 0 unspecified atom stereocenters. The molecule has 1 rings (SSSR count). The summed E-state index contributed by atoms with van der Waals surface area (Å²) >= 11 is 6.56. The molecular formula is C7H6ClF2NS. The first-order valence-electron chi connectivity index (χ1n) is 3.24. The van der Waals surface area contributed by atoms with Crippen LogP contribution in [0.1, 0.15) is 0 Å². The van der Waals surface area contributed by atoms with E-state index in [1.54, 1.807) is 0 Å². The molecule has 0 aliphatic rings. The summed E-state index contributed by atoms with van der Waals surface area (Å²) in [5.74, 6) is -0.312. The summed E-state index contributed by atoms with van der Waals surface area (Å²) in [6, 6.07) is 0.809. The van der Waals surface area contributed by atoms with E-state index in [4.69, 9.17) is 11.6 Å². The van der Waals surface area contributed by atoms with Crippen LogP contribution in [0.5, 0.6) is 0 Å². The molecule has 66 valence electrons. The van der Waals surface area contributed by atoms with Gasteiger partial charge in [0.2, 0.25) is 0 Å². The van der Waals surface area contributed by atoms with Crippen molar-refractivity contribution < 1.29 is 8.78 Å². The first kappa shape index (κ1) is 9.74. The van der Waals surface area contributed by atoms with Crippen LogP contribution < -0.4 is 0 Å². The summed E-state index contributed by atoms with van der Waals surface area (Å²) in [5.41, 5.74) is 0. The van der Waals surface area contributed by atoms with Crippen molar-refractivity contribution in [1.82, 2.24) is 4.98 Å². The van der Waals surface area contributed by atoms with Crippen LogP contribution in [0.25, 0.3) is 0 Å². The lowest BCUT2D eigenvalue weighted by atomic mass is 10.5. The van der Waals surface area contributed by atoms with Crippen molar-refractivity contribution in [3.8, 4) is 0 Å². The van der Waals surface area contributed by atoms with Crippen molar-refractivity contribution in [2.24, 2.45) is 0 Å². The average molecular weight is 210 g/mol. The van der Waals surface area contributed by atoms with Crippen molar-refractivity contribution in [2.75, 3.05) is 11.6 Å². The highest BCUT2D eigenvalue weighted by atomic mass is 35.5. The summed E-state index contributed by atoms with van der Waals surface area (Å²) in [6.07, 6.45) is 0.986. The molecule has 0 aliphatic heterocycles. The molecule has 0 aliphatic carbocycles. The highest BCUT2D eigenvalue weighted by Crippen LogP contribution is 2.19. The van der Waals surface area contributed by atoms with Gasteiger partial charge in [-0.3, -0.25) is 0 Å². The van der Waals surface area contributed by atoms with Gasteiger partial charge in [0.1, 0.15) is 10.8 Å². The number of aromatic nitrogens is 1. The van der Waals surface area contributed by atoms with Gasteiger partial charge in [0.15, 0.2) is 5.82 Å². The second-order valence-electron chi connectivity index (χ2n) is 1.98.